The van der Waals surface area contributed by atoms with Gasteiger partial charge in [0.1, 0.15) is 0 Å². The van der Waals surface area contributed by atoms with Crippen LogP contribution in [0.3, 0.4) is 0 Å². The first-order chi connectivity index (χ1) is 5.16. The molecule has 0 fully saturated rings. The molecule has 0 spiro atoms. The minimum absolute atomic E-state index is 0.328. The topological polar surface area (TPSA) is 50.9 Å². The van der Waals surface area contributed by atoms with Crippen LogP contribution in [0, 0.1) is 0 Å². The maximum Gasteiger partial charge on any atom is 0.154 e. The van der Waals surface area contributed by atoms with Gasteiger partial charge < -0.3 is 11.1 Å². The van der Waals surface area contributed by atoms with Gasteiger partial charge in [0.25, 0.3) is 0 Å². The molecule has 0 aliphatic carbocycles. The van der Waals surface area contributed by atoms with Gasteiger partial charge in [0.2, 0.25) is 0 Å². The van der Waals surface area contributed by atoms with Gasteiger partial charge in [-0.05, 0) is 0 Å². The molecule has 3 nitrogen and oxygen atoms in total. The average Bonchev–Trinajstić information content (AvgIpc) is 1.99. The molecule has 0 radical (unpaired) electrons. The molecule has 3 N–H and O–H groups in total. The highest BCUT2D eigenvalue weighted by molar-refractivity contribution is 6.36. The van der Waals surface area contributed by atoms with Crippen molar-refractivity contribution < 1.29 is 0 Å². The van der Waals surface area contributed by atoms with Gasteiger partial charge in [-0.1, -0.05) is 23.2 Å². The van der Waals surface area contributed by atoms with Crippen LogP contribution in [0.2, 0.25) is 10.2 Å². The number of nitrogens with one attached hydrogen (secondary N) is 1. The normalized spacial score (nSPS) is 9.73. The van der Waals surface area contributed by atoms with Crippen LogP contribution < -0.4 is 11.1 Å². The second-order valence-electron chi connectivity index (χ2n) is 1.94. The van der Waals surface area contributed by atoms with E-state index in [1.165, 1.54) is 6.20 Å². The molecule has 1 aromatic heterocycles. The standard InChI is InChI=1S/C6H7Cl2N3/c1-10-5-4(9)3(7)2-11-6(5)8/h2,10H,1H3,(H2,9,11). The summed E-state index contributed by atoms with van der Waals surface area (Å²) in [4.78, 5) is 3.80. The van der Waals surface area contributed by atoms with Crippen molar-refractivity contribution in [2.75, 3.05) is 18.1 Å². The number of nitrogens with two attached hydrogens (primary N) is 1. The fraction of sp³-hybridized carbons (Fsp3) is 0.167. The minimum Gasteiger partial charge on any atom is -0.396 e. The van der Waals surface area contributed by atoms with Crippen LogP contribution in [0.25, 0.3) is 0 Å². The summed E-state index contributed by atoms with van der Waals surface area (Å²) in [5.41, 5.74) is 6.57. The van der Waals surface area contributed by atoms with Crippen molar-refractivity contribution in [2.45, 2.75) is 0 Å². The van der Waals surface area contributed by atoms with E-state index in [4.69, 9.17) is 28.9 Å². The molecule has 0 saturated carbocycles. The van der Waals surface area contributed by atoms with Crippen LogP contribution in [0.4, 0.5) is 11.4 Å². The number of hydrogen-bond acceptors (Lipinski definition) is 3. The van der Waals surface area contributed by atoms with Gasteiger partial charge >= 0.3 is 0 Å². The van der Waals surface area contributed by atoms with Gasteiger partial charge in [-0.25, -0.2) is 4.98 Å². The highest BCUT2D eigenvalue weighted by atomic mass is 35.5. The number of nitrogens with zero attached hydrogens (tertiary/aromatic N) is 1. The van der Waals surface area contributed by atoms with E-state index < -0.39 is 0 Å². The second kappa shape index (κ2) is 3.15. The molecule has 0 aliphatic rings. The zero-order chi connectivity index (χ0) is 8.43. The van der Waals surface area contributed by atoms with E-state index in [-0.39, 0.29) is 0 Å². The zero-order valence-corrected chi connectivity index (χ0v) is 7.37. The molecular formula is C6H7Cl2N3. The van der Waals surface area contributed by atoms with E-state index in [0.717, 1.165) is 0 Å². The Kier molecular flexibility index (Phi) is 2.42. The quantitative estimate of drug-likeness (QED) is 0.669. The summed E-state index contributed by atoms with van der Waals surface area (Å²) < 4.78 is 0. The number of aromatic nitrogens is 1. The van der Waals surface area contributed by atoms with Crippen molar-refractivity contribution in [3.63, 3.8) is 0 Å². The third kappa shape index (κ3) is 1.49. The highest BCUT2D eigenvalue weighted by Gasteiger charge is 2.06. The third-order valence-electron chi connectivity index (χ3n) is 1.27. The van der Waals surface area contributed by atoms with Crippen molar-refractivity contribution in [3.05, 3.63) is 16.4 Å². The summed E-state index contributed by atoms with van der Waals surface area (Å²) in [6, 6.07) is 0. The molecule has 0 atom stereocenters. The van der Waals surface area contributed by atoms with Crippen molar-refractivity contribution >= 4 is 34.6 Å². The van der Waals surface area contributed by atoms with Gasteiger partial charge in [-0.2, -0.15) is 0 Å². The molecule has 0 aromatic carbocycles. The van der Waals surface area contributed by atoms with Crippen LogP contribution in [0.15, 0.2) is 6.20 Å². The van der Waals surface area contributed by atoms with Crippen LogP contribution in [-0.4, -0.2) is 12.0 Å². The van der Waals surface area contributed by atoms with Crippen molar-refractivity contribution in [2.24, 2.45) is 0 Å². The SMILES string of the molecule is CNc1c(Cl)ncc(Cl)c1N. The maximum atomic E-state index is 5.69. The van der Waals surface area contributed by atoms with Gasteiger partial charge in [0.05, 0.1) is 16.4 Å². The van der Waals surface area contributed by atoms with E-state index in [0.29, 0.717) is 21.6 Å². The summed E-state index contributed by atoms with van der Waals surface area (Å²) in [7, 11) is 1.70. The Bertz CT molecular complexity index is 275. The predicted octanol–water partition coefficient (Wildman–Crippen LogP) is 2.01. The maximum absolute atomic E-state index is 5.69. The second-order valence-corrected chi connectivity index (χ2v) is 2.70. The fourth-order valence-electron chi connectivity index (χ4n) is 0.716. The Labute approximate surface area is 74.5 Å². The Morgan fingerprint density at radius 2 is 2.18 bits per heavy atom. The molecule has 60 valence electrons. The highest BCUT2D eigenvalue weighted by Crippen LogP contribution is 2.31. The van der Waals surface area contributed by atoms with E-state index >= 15 is 0 Å². The zero-order valence-electron chi connectivity index (χ0n) is 5.86. The Balaban J connectivity index is 3.29. The Morgan fingerprint density at radius 1 is 1.55 bits per heavy atom. The number of pyridine rings is 1. The molecular weight excluding hydrogens is 185 g/mol. The van der Waals surface area contributed by atoms with Crippen molar-refractivity contribution in [1.82, 2.24) is 4.98 Å². The molecule has 0 amide bonds. The summed E-state index contributed by atoms with van der Waals surface area (Å²) in [5, 5.41) is 3.53. The minimum atomic E-state index is 0.328. The summed E-state index contributed by atoms with van der Waals surface area (Å²) in [5.74, 6) is 0. The van der Waals surface area contributed by atoms with Crippen LogP contribution in [0.5, 0.6) is 0 Å². The predicted molar refractivity (Wildman–Crippen MR) is 48.2 cm³/mol. The molecule has 1 aromatic rings. The molecule has 0 saturated heterocycles. The molecule has 0 bridgehead atoms. The first kappa shape index (κ1) is 8.43. The molecule has 0 aliphatic heterocycles. The summed E-state index contributed by atoms with van der Waals surface area (Å²) in [6.07, 6.45) is 1.42. The van der Waals surface area contributed by atoms with Gasteiger partial charge in [-0.3, -0.25) is 0 Å². The lowest BCUT2D eigenvalue weighted by molar-refractivity contribution is 1.31. The first-order valence-electron chi connectivity index (χ1n) is 2.94. The molecule has 0 unspecified atom stereocenters. The first-order valence-corrected chi connectivity index (χ1v) is 3.69. The average molecular weight is 192 g/mol. The summed E-state index contributed by atoms with van der Waals surface area (Å²) >= 11 is 11.4. The lowest BCUT2D eigenvalue weighted by Gasteiger charge is -2.06. The summed E-state index contributed by atoms with van der Waals surface area (Å²) in [6.45, 7) is 0. The third-order valence-corrected chi connectivity index (χ3v) is 1.86. The fourth-order valence-corrected chi connectivity index (χ4v) is 1.10. The van der Waals surface area contributed by atoms with Gasteiger partial charge in [-0.15, -0.1) is 0 Å². The number of anilines is 2. The molecule has 1 rings (SSSR count). The van der Waals surface area contributed by atoms with E-state index in [1.54, 1.807) is 7.05 Å². The Morgan fingerprint density at radius 3 is 2.64 bits per heavy atom. The van der Waals surface area contributed by atoms with E-state index in [2.05, 4.69) is 10.3 Å². The van der Waals surface area contributed by atoms with Crippen molar-refractivity contribution in [1.29, 1.82) is 0 Å². The molecule has 5 heteroatoms. The number of rotatable bonds is 1. The molecule has 1 heterocycles. The smallest absolute Gasteiger partial charge is 0.154 e. The monoisotopic (exact) mass is 191 g/mol. The number of halogens is 2. The van der Waals surface area contributed by atoms with E-state index in [1.807, 2.05) is 0 Å². The number of nitrogen functional groups attached to an aromatic ring is 1. The lowest BCUT2D eigenvalue weighted by Crippen LogP contribution is -1.98. The van der Waals surface area contributed by atoms with Crippen LogP contribution in [-0.2, 0) is 0 Å². The largest absolute Gasteiger partial charge is 0.396 e. The van der Waals surface area contributed by atoms with Crippen molar-refractivity contribution in [3.8, 4) is 0 Å². The lowest BCUT2D eigenvalue weighted by atomic mass is 10.3. The van der Waals surface area contributed by atoms with Gasteiger partial charge in [0, 0.05) is 13.2 Å². The van der Waals surface area contributed by atoms with E-state index in [9.17, 15) is 0 Å². The van der Waals surface area contributed by atoms with Crippen LogP contribution in [0.1, 0.15) is 0 Å². The van der Waals surface area contributed by atoms with Gasteiger partial charge in [0.15, 0.2) is 5.15 Å². The molecule has 11 heavy (non-hydrogen) atoms. The number of hydrogen-bond donors (Lipinski definition) is 2. The Hall–Kier alpha value is -0.670. The van der Waals surface area contributed by atoms with Crippen LogP contribution >= 0.6 is 23.2 Å².